The molecule has 2 aromatic carbocycles. The molecule has 0 aliphatic heterocycles. The van der Waals surface area contributed by atoms with Crippen molar-refractivity contribution in [3.05, 3.63) is 83.9 Å². The number of aromatic nitrogens is 2. The zero-order chi connectivity index (χ0) is 33.6. The summed E-state index contributed by atoms with van der Waals surface area (Å²) in [6.45, 7) is 11.4. The maximum Gasteiger partial charge on any atom is 3.00 e. The van der Waals surface area contributed by atoms with E-state index in [1.165, 1.54) is 0 Å². The number of nitrogens with zero attached hydrogens (tertiary/aromatic N) is 2. The third kappa shape index (κ3) is 14.5. The van der Waals surface area contributed by atoms with Gasteiger partial charge in [-0.15, -0.1) is 0 Å². The van der Waals surface area contributed by atoms with Crippen LogP contribution in [0.25, 0.3) is 33.9 Å². The van der Waals surface area contributed by atoms with Crippen LogP contribution in [0.3, 0.4) is 0 Å². The summed E-state index contributed by atoms with van der Waals surface area (Å²) < 4.78 is 0. The number of hydrogen-bond donors (Lipinski definition) is 2. The molecule has 45 heavy (non-hydrogen) atoms. The molecule has 0 saturated carbocycles. The predicted octanol–water partition coefficient (Wildman–Crippen LogP) is 3.40. The van der Waals surface area contributed by atoms with Gasteiger partial charge < -0.3 is 39.9 Å². The number of benzene rings is 2. The molecule has 2 N–H and O–H groups in total. The number of aromatic hydroxyl groups is 2. The Morgan fingerprint density at radius 2 is 0.822 bits per heavy atom. The Kier molecular flexibility index (Phi) is 17.5. The Morgan fingerprint density at radius 1 is 0.556 bits per heavy atom. The zero-order valence-corrected chi connectivity index (χ0v) is 27.4. The van der Waals surface area contributed by atoms with E-state index >= 15 is 0 Å². The van der Waals surface area contributed by atoms with E-state index in [9.17, 15) is 10.2 Å². The average Bonchev–Trinajstić information content (AvgIpc) is 2.92. The average molecular weight is 657 g/mol. The van der Waals surface area contributed by atoms with Crippen molar-refractivity contribution in [1.29, 1.82) is 0 Å². The van der Waals surface area contributed by atoms with Gasteiger partial charge in [0, 0.05) is 29.0 Å². The summed E-state index contributed by atoms with van der Waals surface area (Å²) in [6.07, 6.45) is 0. The Hall–Kier alpha value is -4.73. The van der Waals surface area contributed by atoms with Gasteiger partial charge in [-0.05, 0) is 92.3 Å². The number of hydrogen-bond acceptors (Lipinski definition) is 10. The number of carboxylic acids is 3. The fraction of sp³-hybridized carbons (Fsp3) is 0.265. The molecular formula is C34H37MnN2O8. The molecule has 0 bridgehead atoms. The first-order chi connectivity index (χ1) is 20.5. The maximum atomic E-state index is 10.4. The Morgan fingerprint density at radius 3 is 1.09 bits per heavy atom. The Bertz CT molecular complexity index is 1430. The number of carbonyl (C=O) groups excluding carboxylic acids is 3. The molecule has 4 aromatic rings. The van der Waals surface area contributed by atoms with Crippen LogP contribution in [0.5, 0.6) is 11.5 Å². The topological polar surface area (TPSA) is 187 Å². The number of aliphatic carboxylic acids is 3. The van der Waals surface area contributed by atoms with Gasteiger partial charge in [-0.25, -0.2) is 9.97 Å². The summed E-state index contributed by atoms with van der Waals surface area (Å²) in [4.78, 5) is 36.3. The summed E-state index contributed by atoms with van der Waals surface area (Å²) in [5.74, 6) is -2.14. The quantitative estimate of drug-likeness (QED) is 0.302. The first-order valence-electron chi connectivity index (χ1n) is 13.7. The van der Waals surface area contributed by atoms with Gasteiger partial charge in [0.05, 0.1) is 22.8 Å². The molecule has 238 valence electrons. The van der Waals surface area contributed by atoms with E-state index < -0.39 is 17.9 Å². The third-order valence-corrected chi connectivity index (χ3v) is 5.69. The minimum absolute atomic E-state index is 0. The number of pyridine rings is 2. The second kappa shape index (κ2) is 19.5. The molecule has 0 amide bonds. The van der Waals surface area contributed by atoms with Crippen LogP contribution in [0.2, 0.25) is 0 Å². The van der Waals surface area contributed by atoms with E-state index in [0.717, 1.165) is 31.9 Å². The van der Waals surface area contributed by atoms with E-state index in [1.54, 1.807) is 12.1 Å². The molecule has 2 aromatic heterocycles. The molecular weight excluding hydrogens is 619 g/mol. The van der Waals surface area contributed by atoms with Gasteiger partial charge in [0.25, 0.3) is 0 Å². The molecule has 0 aliphatic rings. The van der Waals surface area contributed by atoms with Crippen LogP contribution >= 0.6 is 0 Å². The van der Waals surface area contributed by atoms with Crippen LogP contribution in [-0.4, -0.2) is 38.1 Å². The van der Waals surface area contributed by atoms with E-state index in [1.807, 2.05) is 60.7 Å². The Balaban J connectivity index is 0.00000128. The van der Waals surface area contributed by atoms with Crippen LogP contribution in [0, 0.1) is 0 Å². The minimum Gasteiger partial charge on any atom is -0.550 e. The molecule has 11 heteroatoms. The number of rotatable bonds is 5. The fourth-order valence-corrected chi connectivity index (χ4v) is 3.69. The van der Waals surface area contributed by atoms with Gasteiger partial charge in [-0.3, -0.25) is 0 Å². The second-order valence-electron chi connectivity index (χ2n) is 10.2. The van der Waals surface area contributed by atoms with Crippen LogP contribution < -0.4 is 15.3 Å². The van der Waals surface area contributed by atoms with Crippen molar-refractivity contribution in [2.45, 2.75) is 60.3 Å². The van der Waals surface area contributed by atoms with Crippen molar-refractivity contribution in [3.8, 4) is 45.4 Å². The molecule has 0 saturated heterocycles. The van der Waals surface area contributed by atoms with Gasteiger partial charge in [-0.2, -0.15) is 0 Å². The number of phenols is 2. The third-order valence-electron chi connectivity index (χ3n) is 5.69. The molecule has 0 spiro atoms. The first kappa shape index (κ1) is 40.3. The summed E-state index contributed by atoms with van der Waals surface area (Å²) >= 11 is 0. The summed E-state index contributed by atoms with van der Waals surface area (Å²) in [5, 5.41) is 47.6. The van der Waals surface area contributed by atoms with Gasteiger partial charge in [0.1, 0.15) is 11.5 Å². The molecule has 10 nitrogen and oxygen atoms in total. The minimum atomic E-state index is -1.08. The monoisotopic (exact) mass is 656 g/mol. The smallest absolute Gasteiger partial charge is 0.550 e. The number of phenolic OH excluding ortho intramolecular Hbond substituents is 2. The van der Waals surface area contributed by atoms with Crippen molar-refractivity contribution in [1.82, 2.24) is 9.97 Å². The maximum absolute atomic E-state index is 10.4. The first-order valence-corrected chi connectivity index (χ1v) is 13.7. The second-order valence-corrected chi connectivity index (χ2v) is 10.2. The molecule has 0 atom stereocenters. The molecule has 0 unspecified atom stereocenters. The fourth-order valence-electron chi connectivity index (χ4n) is 3.69. The molecule has 2 heterocycles. The van der Waals surface area contributed by atoms with Crippen LogP contribution in [-0.2, 0) is 31.5 Å². The number of carbonyl (C=O) groups is 3. The van der Waals surface area contributed by atoms with E-state index in [2.05, 4.69) is 27.7 Å². The van der Waals surface area contributed by atoms with Crippen molar-refractivity contribution < 1.29 is 57.0 Å². The van der Waals surface area contributed by atoms with Gasteiger partial charge >= 0.3 is 17.1 Å². The van der Waals surface area contributed by atoms with Crippen molar-refractivity contribution in [3.63, 3.8) is 0 Å². The SMILES string of the molecule is CC(=O)[O-].CC(=O)[O-].CC(=O)[O-].CC(C)c1ccc(O)c(-c2cccc(-c3cccc(-c4cc(C(C)C)ccc4O)n3)n2)c1.[Mn+3]. The summed E-state index contributed by atoms with van der Waals surface area (Å²) in [7, 11) is 0. The van der Waals surface area contributed by atoms with E-state index in [0.29, 0.717) is 45.7 Å². The van der Waals surface area contributed by atoms with Crippen molar-refractivity contribution in [2.75, 3.05) is 0 Å². The predicted molar refractivity (Wildman–Crippen MR) is 162 cm³/mol. The van der Waals surface area contributed by atoms with Gasteiger partial charge in [0.2, 0.25) is 0 Å². The van der Waals surface area contributed by atoms with Crippen molar-refractivity contribution >= 4 is 17.9 Å². The number of carboxylic acid groups (broad SMARTS) is 3. The molecule has 0 radical (unpaired) electrons. The van der Waals surface area contributed by atoms with E-state index in [4.69, 9.17) is 39.7 Å². The zero-order valence-electron chi connectivity index (χ0n) is 26.2. The molecule has 4 rings (SSSR count). The van der Waals surface area contributed by atoms with Gasteiger partial charge in [-0.1, -0.05) is 52.0 Å². The normalized spacial score (nSPS) is 9.71. The largest absolute Gasteiger partial charge is 3.00 e. The van der Waals surface area contributed by atoms with Crippen molar-refractivity contribution in [2.24, 2.45) is 0 Å². The molecule has 0 fully saturated rings. The van der Waals surface area contributed by atoms with Crippen LogP contribution in [0.15, 0.2) is 72.8 Å². The summed E-state index contributed by atoms with van der Waals surface area (Å²) in [5.41, 5.74) is 6.50. The van der Waals surface area contributed by atoms with E-state index in [-0.39, 0.29) is 28.6 Å². The molecule has 0 aliphatic carbocycles. The van der Waals surface area contributed by atoms with Crippen LogP contribution in [0.4, 0.5) is 0 Å². The summed E-state index contributed by atoms with van der Waals surface area (Å²) in [6, 6.07) is 22.8. The standard InChI is InChI=1S/C28H28N2O2.3C2H4O2.Mn/c1-17(2)19-11-13-27(31)21(15-19)23-7-5-9-25(29-23)26-10-6-8-24(30-26)22-16-20(18(3)4)12-14-28(22)32;3*1-2(3)4;/h5-18,31-32H,1-4H3;3*1H3,(H,3,4);/q;;;;+3/p-3. The van der Waals surface area contributed by atoms with Crippen LogP contribution in [0.1, 0.15) is 71.4 Å². The van der Waals surface area contributed by atoms with Gasteiger partial charge in [0.15, 0.2) is 0 Å². The Labute approximate surface area is 273 Å².